The van der Waals surface area contributed by atoms with E-state index in [0.717, 1.165) is 33.4 Å². The summed E-state index contributed by atoms with van der Waals surface area (Å²) >= 11 is 0. The van der Waals surface area contributed by atoms with E-state index in [1.54, 1.807) is 6.07 Å². The fourth-order valence-corrected chi connectivity index (χ4v) is 2.96. The molecular formula is C20H18FNO2. The summed E-state index contributed by atoms with van der Waals surface area (Å²) in [6.45, 7) is 1.94. The van der Waals surface area contributed by atoms with Crippen LogP contribution in [0.4, 0.5) is 10.1 Å². The van der Waals surface area contributed by atoms with Gasteiger partial charge in [0.15, 0.2) is 0 Å². The van der Waals surface area contributed by atoms with Gasteiger partial charge in [0.25, 0.3) is 0 Å². The highest BCUT2D eigenvalue weighted by molar-refractivity contribution is 6.07. The van der Waals surface area contributed by atoms with Crippen molar-refractivity contribution in [1.29, 1.82) is 0 Å². The molecule has 2 aromatic carbocycles. The zero-order valence-electron chi connectivity index (χ0n) is 13.6. The number of benzene rings is 2. The molecule has 24 heavy (non-hydrogen) atoms. The van der Waals surface area contributed by atoms with Gasteiger partial charge in [0.05, 0.1) is 13.5 Å². The first-order chi connectivity index (χ1) is 11.5. The van der Waals surface area contributed by atoms with Gasteiger partial charge in [-0.05, 0) is 70.7 Å². The van der Waals surface area contributed by atoms with Crippen molar-refractivity contribution in [2.75, 3.05) is 12.8 Å². The van der Waals surface area contributed by atoms with Crippen LogP contribution in [0.1, 0.15) is 30.0 Å². The Balaban J connectivity index is 2.12. The van der Waals surface area contributed by atoms with Crippen LogP contribution in [-0.2, 0) is 9.53 Å². The van der Waals surface area contributed by atoms with Crippen molar-refractivity contribution >= 4 is 28.9 Å². The number of hydrogen-bond donors (Lipinski definition) is 1. The topological polar surface area (TPSA) is 52.3 Å². The van der Waals surface area contributed by atoms with E-state index in [9.17, 15) is 9.18 Å². The Bertz CT molecular complexity index is 864. The van der Waals surface area contributed by atoms with Gasteiger partial charge in [-0.3, -0.25) is 4.79 Å². The van der Waals surface area contributed by atoms with Gasteiger partial charge in [-0.1, -0.05) is 18.2 Å². The van der Waals surface area contributed by atoms with Gasteiger partial charge in [-0.2, -0.15) is 0 Å². The standard InChI is InChI=1S/C20H18FNO2/c1-12-17(9-13-3-6-15(22)7-4-13)16-8-5-14(21)10-19(16)18(12)11-20(23)24-2/h3-10H,11,22H2,1-2H3. The van der Waals surface area contributed by atoms with E-state index in [2.05, 4.69) is 0 Å². The van der Waals surface area contributed by atoms with Crippen molar-refractivity contribution in [3.8, 4) is 0 Å². The molecule has 1 aliphatic carbocycles. The van der Waals surface area contributed by atoms with Crippen LogP contribution in [-0.4, -0.2) is 13.1 Å². The number of carbonyl (C=O) groups excluding carboxylic acids is 1. The van der Waals surface area contributed by atoms with Gasteiger partial charge >= 0.3 is 5.97 Å². The average Bonchev–Trinajstić information content (AvgIpc) is 2.82. The minimum Gasteiger partial charge on any atom is -0.469 e. The highest BCUT2D eigenvalue weighted by Crippen LogP contribution is 2.43. The number of nitrogens with two attached hydrogens (primary N) is 1. The highest BCUT2D eigenvalue weighted by Gasteiger charge is 2.25. The third-order valence-corrected chi connectivity index (χ3v) is 4.25. The Hall–Kier alpha value is -2.88. The van der Waals surface area contributed by atoms with Gasteiger partial charge in [-0.15, -0.1) is 0 Å². The molecule has 0 saturated heterocycles. The number of rotatable bonds is 3. The van der Waals surface area contributed by atoms with Crippen LogP contribution in [0.25, 0.3) is 17.2 Å². The third-order valence-electron chi connectivity index (χ3n) is 4.25. The fraction of sp³-hybridized carbons (Fsp3) is 0.150. The molecule has 0 radical (unpaired) electrons. The molecule has 4 heteroatoms. The molecular weight excluding hydrogens is 305 g/mol. The van der Waals surface area contributed by atoms with E-state index >= 15 is 0 Å². The van der Waals surface area contributed by atoms with E-state index in [-0.39, 0.29) is 18.2 Å². The van der Waals surface area contributed by atoms with Crippen molar-refractivity contribution in [3.63, 3.8) is 0 Å². The molecule has 122 valence electrons. The van der Waals surface area contributed by atoms with E-state index in [1.165, 1.54) is 19.2 Å². The number of anilines is 1. The summed E-state index contributed by atoms with van der Waals surface area (Å²) < 4.78 is 18.5. The van der Waals surface area contributed by atoms with Crippen molar-refractivity contribution < 1.29 is 13.9 Å². The summed E-state index contributed by atoms with van der Waals surface area (Å²) in [6.07, 6.45) is 2.15. The lowest BCUT2D eigenvalue weighted by Gasteiger charge is -2.05. The van der Waals surface area contributed by atoms with Crippen LogP contribution in [0.15, 0.2) is 48.0 Å². The molecule has 0 aliphatic heterocycles. The van der Waals surface area contributed by atoms with Gasteiger partial charge < -0.3 is 10.5 Å². The average molecular weight is 323 g/mol. The Labute approximate surface area is 140 Å². The maximum absolute atomic E-state index is 13.7. The summed E-state index contributed by atoms with van der Waals surface area (Å²) in [6, 6.07) is 12.2. The predicted molar refractivity (Wildman–Crippen MR) is 94.4 cm³/mol. The zero-order chi connectivity index (χ0) is 17.3. The Morgan fingerprint density at radius 3 is 2.54 bits per heavy atom. The first-order valence-corrected chi connectivity index (χ1v) is 7.64. The molecule has 0 bridgehead atoms. The second kappa shape index (κ2) is 6.32. The van der Waals surface area contributed by atoms with Crippen molar-refractivity contribution in [2.24, 2.45) is 0 Å². The van der Waals surface area contributed by atoms with Crippen molar-refractivity contribution in [3.05, 3.63) is 70.5 Å². The first kappa shape index (κ1) is 16.0. The molecule has 0 spiro atoms. The van der Waals surface area contributed by atoms with Crippen LogP contribution < -0.4 is 5.73 Å². The van der Waals surface area contributed by atoms with Crippen LogP contribution in [0.3, 0.4) is 0 Å². The number of nitrogen functional groups attached to an aromatic ring is 1. The molecule has 2 aromatic rings. The number of fused-ring (bicyclic) bond motifs is 1. The SMILES string of the molecule is COC(=O)CC1=C(C)C(=Cc2ccc(N)cc2)c2ccc(F)cc21. The Morgan fingerprint density at radius 2 is 1.88 bits per heavy atom. The number of esters is 1. The van der Waals surface area contributed by atoms with E-state index in [1.807, 2.05) is 37.3 Å². The summed E-state index contributed by atoms with van der Waals surface area (Å²) in [5, 5.41) is 0. The summed E-state index contributed by atoms with van der Waals surface area (Å²) in [7, 11) is 1.35. The lowest BCUT2D eigenvalue weighted by atomic mass is 10.0. The highest BCUT2D eigenvalue weighted by atomic mass is 19.1. The number of ether oxygens (including phenoxy) is 1. The predicted octanol–water partition coefficient (Wildman–Crippen LogP) is 4.30. The lowest BCUT2D eigenvalue weighted by molar-refractivity contribution is -0.139. The molecule has 0 unspecified atom stereocenters. The lowest BCUT2D eigenvalue weighted by Crippen LogP contribution is -2.01. The van der Waals surface area contributed by atoms with Crippen LogP contribution in [0.5, 0.6) is 0 Å². The number of hydrogen-bond acceptors (Lipinski definition) is 3. The van der Waals surface area contributed by atoms with Gasteiger partial charge in [0, 0.05) is 5.69 Å². The minimum absolute atomic E-state index is 0.123. The second-order valence-corrected chi connectivity index (χ2v) is 5.77. The summed E-state index contributed by atoms with van der Waals surface area (Å²) in [5.41, 5.74) is 11.8. The second-order valence-electron chi connectivity index (χ2n) is 5.77. The van der Waals surface area contributed by atoms with Gasteiger partial charge in [0.1, 0.15) is 5.82 Å². The molecule has 0 heterocycles. The smallest absolute Gasteiger partial charge is 0.310 e. The number of allylic oxidation sites excluding steroid dienone is 2. The fourth-order valence-electron chi connectivity index (χ4n) is 2.96. The molecule has 0 aromatic heterocycles. The maximum Gasteiger partial charge on any atom is 0.310 e. The molecule has 0 saturated carbocycles. The van der Waals surface area contributed by atoms with E-state index < -0.39 is 0 Å². The quantitative estimate of drug-likeness (QED) is 0.677. The molecule has 0 atom stereocenters. The van der Waals surface area contributed by atoms with Gasteiger partial charge in [0.2, 0.25) is 0 Å². The molecule has 1 aliphatic rings. The maximum atomic E-state index is 13.7. The Morgan fingerprint density at radius 1 is 1.17 bits per heavy atom. The number of carbonyl (C=O) groups is 1. The van der Waals surface area contributed by atoms with Crippen LogP contribution in [0.2, 0.25) is 0 Å². The molecule has 3 rings (SSSR count). The molecule has 0 amide bonds. The molecule has 2 N–H and O–H groups in total. The molecule has 3 nitrogen and oxygen atoms in total. The van der Waals surface area contributed by atoms with Gasteiger partial charge in [-0.25, -0.2) is 4.39 Å². The first-order valence-electron chi connectivity index (χ1n) is 7.64. The van der Waals surface area contributed by atoms with E-state index in [0.29, 0.717) is 5.69 Å². The molecule has 0 fully saturated rings. The number of methoxy groups -OCH3 is 1. The minimum atomic E-state index is -0.340. The number of halogens is 1. The Kier molecular flexibility index (Phi) is 4.21. The van der Waals surface area contributed by atoms with Crippen LogP contribution in [0, 0.1) is 5.82 Å². The van der Waals surface area contributed by atoms with Crippen molar-refractivity contribution in [1.82, 2.24) is 0 Å². The zero-order valence-corrected chi connectivity index (χ0v) is 13.6. The van der Waals surface area contributed by atoms with E-state index in [4.69, 9.17) is 10.5 Å². The third kappa shape index (κ3) is 2.95. The normalized spacial score (nSPS) is 14.9. The summed E-state index contributed by atoms with van der Waals surface area (Å²) in [5.74, 6) is -0.661. The van der Waals surface area contributed by atoms with Crippen molar-refractivity contribution in [2.45, 2.75) is 13.3 Å². The monoisotopic (exact) mass is 323 g/mol. The van der Waals surface area contributed by atoms with Crippen LogP contribution >= 0.6 is 0 Å². The summed E-state index contributed by atoms with van der Waals surface area (Å²) in [4.78, 5) is 11.7. The largest absolute Gasteiger partial charge is 0.469 e.